The summed E-state index contributed by atoms with van der Waals surface area (Å²) in [5.74, 6) is 0. The molecule has 0 aliphatic carbocycles. The first-order chi connectivity index (χ1) is 13.0. The van der Waals surface area contributed by atoms with E-state index in [4.69, 9.17) is 23.2 Å². The van der Waals surface area contributed by atoms with Gasteiger partial charge >= 0.3 is 0 Å². The summed E-state index contributed by atoms with van der Waals surface area (Å²) in [6, 6.07) is 16.4. The first-order valence-electron chi connectivity index (χ1n) is 8.97. The Morgan fingerprint density at radius 3 is 2.56 bits per heavy atom. The van der Waals surface area contributed by atoms with Gasteiger partial charge in [0.2, 0.25) is 0 Å². The molecule has 4 aromatic rings. The number of rotatable bonds is 5. The van der Waals surface area contributed by atoms with Crippen LogP contribution in [-0.4, -0.2) is 18.6 Å². The van der Waals surface area contributed by atoms with Crippen LogP contribution in [0.2, 0.25) is 10.0 Å². The fourth-order valence-corrected chi connectivity index (χ4v) is 3.76. The van der Waals surface area contributed by atoms with Crippen molar-refractivity contribution >= 4 is 56.4 Å². The molecule has 0 spiro atoms. The van der Waals surface area contributed by atoms with Crippen LogP contribution in [0.1, 0.15) is 11.1 Å². The monoisotopic (exact) mass is 397 g/mol. The SMILES string of the molecule is CNCCc1cc(Nc2ccc(C)c(Cl)c2)cc2c1[nH]c1ccc(Cl)cc12. The molecule has 0 aliphatic rings. The number of aromatic amines is 1. The van der Waals surface area contributed by atoms with Crippen molar-refractivity contribution in [2.45, 2.75) is 13.3 Å². The minimum atomic E-state index is 0.740. The standard InChI is InChI=1S/C22H21Cl2N3/c1-13-3-5-16(12-20(13)24)26-17-9-14(7-8-25-2)22-19(11-17)18-10-15(23)4-6-21(18)27-22/h3-6,9-12,25-27H,7-8H2,1-2H3. The van der Waals surface area contributed by atoms with E-state index in [0.717, 1.165) is 56.4 Å². The summed E-state index contributed by atoms with van der Waals surface area (Å²) in [7, 11) is 1.97. The Morgan fingerprint density at radius 1 is 0.926 bits per heavy atom. The Bertz CT molecular complexity index is 1130. The molecule has 1 heterocycles. The Hall–Kier alpha value is -2.20. The lowest BCUT2D eigenvalue weighted by atomic mass is 10.0. The molecule has 0 saturated carbocycles. The highest BCUT2D eigenvalue weighted by molar-refractivity contribution is 6.32. The van der Waals surface area contributed by atoms with Crippen molar-refractivity contribution in [1.29, 1.82) is 0 Å². The lowest BCUT2D eigenvalue weighted by Gasteiger charge is -2.11. The number of hydrogen-bond donors (Lipinski definition) is 3. The first kappa shape index (κ1) is 18.2. The number of likely N-dealkylation sites (N-methyl/N-ethyl adjacent to an activating group) is 1. The smallest absolute Gasteiger partial charge is 0.0499 e. The zero-order chi connectivity index (χ0) is 19.0. The molecule has 0 atom stereocenters. The third kappa shape index (κ3) is 3.63. The van der Waals surface area contributed by atoms with Crippen LogP contribution >= 0.6 is 23.2 Å². The van der Waals surface area contributed by atoms with E-state index in [-0.39, 0.29) is 0 Å². The van der Waals surface area contributed by atoms with Crippen LogP contribution < -0.4 is 10.6 Å². The Morgan fingerprint density at radius 2 is 1.78 bits per heavy atom. The van der Waals surface area contributed by atoms with Gasteiger partial charge in [-0.15, -0.1) is 0 Å². The molecular weight excluding hydrogens is 377 g/mol. The fraction of sp³-hybridized carbons (Fsp3) is 0.182. The molecular formula is C22H21Cl2N3. The lowest BCUT2D eigenvalue weighted by molar-refractivity contribution is 0.794. The third-order valence-electron chi connectivity index (χ3n) is 4.86. The second-order valence-corrected chi connectivity index (χ2v) is 7.66. The molecule has 5 heteroatoms. The molecule has 0 unspecified atom stereocenters. The van der Waals surface area contributed by atoms with Crippen LogP contribution in [0.5, 0.6) is 0 Å². The largest absolute Gasteiger partial charge is 0.355 e. The zero-order valence-electron chi connectivity index (χ0n) is 15.3. The van der Waals surface area contributed by atoms with Crippen molar-refractivity contribution in [3.63, 3.8) is 0 Å². The van der Waals surface area contributed by atoms with E-state index in [1.54, 1.807) is 0 Å². The average molecular weight is 398 g/mol. The highest BCUT2D eigenvalue weighted by Crippen LogP contribution is 2.34. The van der Waals surface area contributed by atoms with E-state index < -0.39 is 0 Å². The molecule has 4 rings (SSSR count). The molecule has 0 bridgehead atoms. The average Bonchev–Trinajstić information content (AvgIpc) is 3.01. The maximum absolute atomic E-state index is 6.29. The molecule has 0 amide bonds. The molecule has 3 N–H and O–H groups in total. The normalized spacial score (nSPS) is 11.4. The van der Waals surface area contributed by atoms with Crippen molar-refractivity contribution < 1.29 is 0 Å². The second kappa shape index (κ2) is 7.43. The van der Waals surface area contributed by atoms with Gasteiger partial charge in [-0.2, -0.15) is 0 Å². The van der Waals surface area contributed by atoms with Crippen LogP contribution in [0, 0.1) is 6.92 Å². The molecule has 0 fully saturated rings. The van der Waals surface area contributed by atoms with Gasteiger partial charge in [-0.25, -0.2) is 0 Å². The molecule has 27 heavy (non-hydrogen) atoms. The van der Waals surface area contributed by atoms with Crippen LogP contribution in [0.15, 0.2) is 48.5 Å². The van der Waals surface area contributed by atoms with Crippen LogP contribution in [0.4, 0.5) is 11.4 Å². The number of anilines is 2. The van der Waals surface area contributed by atoms with Gasteiger partial charge in [0.15, 0.2) is 0 Å². The number of hydrogen-bond acceptors (Lipinski definition) is 2. The fourth-order valence-electron chi connectivity index (χ4n) is 3.41. The van der Waals surface area contributed by atoms with Gasteiger partial charge in [-0.1, -0.05) is 29.3 Å². The van der Waals surface area contributed by atoms with E-state index in [1.807, 2.05) is 50.4 Å². The number of benzene rings is 3. The van der Waals surface area contributed by atoms with Crippen molar-refractivity contribution in [1.82, 2.24) is 10.3 Å². The van der Waals surface area contributed by atoms with E-state index in [9.17, 15) is 0 Å². The summed E-state index contributed by atoms with van der Waals surface area (Å²) in [6.45, 7) is 2.91. The van der Waals surface area contributed by atoms with Crippen LogP contribution in [0.3, 0.4) is 0 Å². The maximum atomic E-state index is 6.29. The summed E-state index contributed by atoms with van der Waals surface area (Å²) >= 11 is 12.5. The topological polar surface area (TPSA) is 39.8 Å². The minimum Gasteiger partial charge on any atom is -0.355 e. The van der Waals surface area contributed by atoms with Gasteiger partial charge in [-0.3, -0.25) is 0 Å². The maximum Gasteiger partial charge on any atom is 0.0499 e. The van der Waals surface area contributed by atoms with Crippen LogP contribution in [-0.2, 0) is 6.42 Å². The minimum absolute atomic E-state index is 0.740. The quantitative estimate of drug-likeness (QED) is 0.362. The van der Waals surface area contributed by atoms with Crippen molar-refractivity contribution in [2.75, 3.05) is 18.9 Å². The number of halogens is 2. The molecule has 0 saturated heterocycles. The Labute approximate surface area is 168 Å². The summed E-state index contributed by atoms with van der Waals surface area (Å²) in [6.07, 6.45) is 0.928. The van der Waals surface area contributed by atoms with Gasteiger partial charge in [0, 0.05) is 43.2 Å². The number of nitrogens with one attached hydrogen (secondary N) is 3. The van der Waals surface area contributed by atoms with Crippen LogP contribution in [0.25, 0.3) is 21.8 Å². The van der Waals surface area contributed by atoms with Gasteiger partial charge in [-0.05, 0) is 80.5 Å². The molecule has 0 aliphatic heterocycles. The predicted molar refractivity (Wildman–Crippen MR) is 118 cm³/mol. The highest BCUT2D eigenvalue weighted by atomic mass is 35.5. The molecule has 0 radical (unpaired) electrons. The Kier molecular flexibility index (Phi) is 5.00. The van der Waals surface area contributed by atoms with Crippen molar-refractivity contribution in [2.24, 2.45) is 0 Å². The first-order valence-corrected chi connectivity index (χ1v) is 9.72. The summed E-state index contributed by atoms with van der Waals surface area (Å²) in [5.41, 5.74) is 6.59. The third-order valence-corrected chi connectivity index (χ3v) is 5.50. The van der Waals surface area contributed by atoms with E-state index >= 15 is 0 Å². The van der Waals surface area contributed by atoms with Crippen molar-refractivity contribution in [3.8, 4) is 0 Å². The number of H-pyrrole nitrogens is 1. The summed E-state index contributed by atoms with van der Waals surface area (Å²) in [5, 5.41) is 10.5. The second-order valence-electron chi connectivity index (χ2n) is 6.82. The van der Waals surface area contributed by atoms with E-state index in [2.05, 4.69) is 27.8 Å². The number of fused-ring (bicyclic) bond motifs is 3. The molecule has 138 valence electrons. The molecule has 3 aromatic carbocycles. The highest BCUT2D eigenvalue weighted by Gasteiger charge is 2.11. The predicted octanol–water partition coefficient (Wildman–Crippen LogP) is 6.44. The van der Waals surface area contributed by atoms with Gasteiger partial charge in [0.05, 0.1) is 0 Å². The van der Waals surface area contributed by atoms with Gasteiger partial charge < -0.3 is 15.6 Å². The number of aryl methyl sites for hydroxylation is 1. The van der Waals surface area contributed by atoms with E-state index in [1.165, 1.54) is 10.9 Å². The lowest BCUT2D eigenvalue weighted by Crippen LogP contribution is -2.10. The number of aromatic nitrogens is 1. The molecule has 3 nitrogen and oxygen atoms in total. The van der Waals surface area contributed by atoms with Gasteiger partial charge in [0.1, 0.15) is 0 Å². The Balaban J connectivity index is 1.85. The van der Waals surface area contributed by atoms with Gasteiger partial charge in [0.25, 0.3) is 0 Å². The molecule has 1 aromatic heterocycles. The summed E-state index contributed by atoms with van der Waals surface area (Å²) in [4.78, 5) is 3.56. The van der Waals surface area contributed by atoms with Crippen molar-refractivity contribution in [3.05, 3.63) is 69.7 Å². The zero-order valence-corrected chi connectivity index (χ0v) is 16.8. The summed E-state index contributed by atoms with van der Waals surface area (Å²) < 4.78 is 0. The van der Waals surface area contributed by atoms with E-state index in [0.29, 0.717) is 0 Å².